The molecule has 2 aliphatic carbocycles. The molecule has 1 aromatic rings. The molecule has 2 aliphatic rings. The molecule has 0 bridgehead atoms. The van der Waals surface area contributed by atoms with Gasteiger partial charge in [0.25, 0.3) is 5.56 Å². The zero-order valence-electron chi connectivity index (χ0n) is 16.8. The maximum Gasteiger partial charge on any atom is 0.320 e. The lowest BCUT2D eigenvalue weighted by atomic mass is 9.84. The predicted molar refractivity (Wildman–Crippen MR) is 103 cm³/mol. The highest BCUT2D eigenvalue weighted by Gasteiger charge is 2.38. The zero-order valence-corrected chi connectivity index (χ0v) is 16.8. The van der Waals surface area contributed by atoms with E-state index in [-0.39, 0.29) is 17.6 Å². The van der Waals surface area contributed by atoms with Crippen molar-refractivity contribution in [3.8, 4) is 0 Å². The molecule has 7 heteroatoms. The normalized spacial score (nSPS) is 23.7. The van der Waals surface area contributed by atoms with Crippen LogP contribution in [0.25, 0.3) is 0 Å². The van der Waals surface area contributed by atoms with E-state index in [1.165, 1.54) is 18.9 Å². The first-order chi connectivity index (χ1) is 12.7. The Balaban J connectivity index is 1.49. The van der Waals surface area contributed by atoms with E-state index in [2.05, 4.69) is 27.3 Å². The lowest BCUT2D eigenvalue weighted by Gasteiger charge is -2.44. The van der Waals surface area contributed by atoms with Gasteiger partial charge in [-0.05, 0) is 65.4 Å². The Morgan fingerprint density at radius 2 is 2.07 bits per heavy atom. The largest absolute Gasteiger partial charge is 0.459 e. The molecule has 3 rings (SSSR count). The topological polar surface area (TPSA) is 87.3 Å². The fraction of sp³-hybridized carbons (Fsp3) is 0.750. The molecule has 0 amide bonds. The van der Waals surface area contributed by atoms with Gasteiger partial charge in [0.1, 0.15) is 5.60 Å². The van der Waals surface area contributed by atoms with Crippen LogP contribution in [0, 0.1) is 5.92 Å². The number of hydrogen-bond acceptors (Lipinski definition) is 6. The average molecular weight is 377 g/mol. The number of rotatable bonds is 8. The number of ether oxygens (including phenoxy) is 1. The summed E-state index contributed by atoms with van der Waals surface area (Å²) in [5.74, 6) is 0.606. The summed E-state index contributed by atoms with van der Waals surface area (Å²) in [4.78, 5) is 25.7. The van der Waals surface area contributed by atoms with E-state index in [9.17, 15) is 9.59 Å². The molecule has 1 heterocycles. The predicted octanol–water partition coefficient (Wildman–Crippen LogP) is 2.01. The third-order valence-corrected chi connectivity index (χ3v) is 5.20. The number of aromatic nitrogens is 2. The van der Waals surface area contributed by atoms with Gasteiger partial charge in [-0.2, -0.15) is 5.10 Å². The van der Waals surface area contributed by atoms with E-state index in [4.69, 9.17) is 4.74 Å². The van der Waals surface area contributed by atoms with Crippen LogP contribution < -0.4 is 10.9 Å². The third kappa shape index (κ3) is 6.14. The van der Waals surface area contributed by atoms with Crippen LogP contribution in [0.2, 0.25) is 0 Å². The maximum atomic E-state index is 12.3. The Kier molecular flexibility index (Phi) is 6.01. The van der Waals surface area contributed by atoms with Gasteiger partial charge in [0.15, 0.2) is 0 Å². The van der Waals surface area contributed by atoms with Gasteiger partial charge < -0.3 is 10.1 Å². The first-order valence-electron chi connectivity index (χ1n) is 9.97. The molecule has 27 heavy (non-hydrogen) atoms. The van der Waals surface area contributed by atoms with Gasteiger partial charge in [-0.1, -0.05) is 0 Å². The van der Waals surface area contributed by atoms with Crippen molar-refractivity contribution in [1.82, 2.24) is 20.4 Å². The van der Waals surface area contributed by atoms with Crippen LogP contribution in [-0.2, 0) is 9.53 Å². The zero-order chi connectivity index (χ0) is 19.6. The van der Waals surface area contributed by atoms with Crippen molar-refractivity contribution in [2.75, 3.05) is 13.1 Å². The van der Waals surface area contributed by atoms with E-state index in [0.29, 0.717) is 18.6 Å². The lowest BCUT2D eigenvalue weighted by molar-refractivity contribution is -0.157. The molecule has 2 saturated carbocycles. The quantitative estimate of drug-likeness (QED) is 0.675. The van der Waals surface area contributed by atoms with Crippen LogP contribution in [-0.4, -0.2) is 51.8 Å². The highest BCUT2D eigenvalue weighted by atomic mass is 16.6. The summed E-state index contributed by atoms with van der Waals surface area (Å²) >= 11 is 0. The average Bonchev–Trinajstić information content (AvgIpc) is 3.32. The molecule has 7 nitrogen and oxygen atoms in total. The van der Waals surface area contributed by atoms with Crippen LogP contribution in [0.15, 0.2) is 16.9 Å². The molecule has 0 aliphatic heterocycles. The number of nitrogens with zero attached hydrogens (tertiary/aromatic N) is 2. The first-order valence-corrected chi connectivity index (χ1v) is 9.97. The summed E-state index contributed by atoms with van der Waals surface area (Å²) in [5.41, 5.74) is 0.208. The van der Waals surface area contributed by atoms with Crippen molar-refractivity contribution in [3.05, 3.63) is 28.2 Å². The van der Waals surface area contributed by atoms with Crippen LogP contribution in [0.3, 0.4) is 0 Å². The van der Waals surface area contributed by atoms with Crippen molar-refractivity contribution in [2.24, 2.45) is 5.92 Å². The molecule has 2 fully saturated rings. The van der Waals surface area contributed by atoms with E-state index in [0.717, 1.165) is 31.0 Å². The fourth-order valence-electron chi connectivity index (χ4n) is 3.57. The summed E-state index contributed by atoms with van der Waals surface area (Å²) < 4.78 is 5.51. The number of H-pyrrole nitrogens is 1. The van der Waals surface area contributed by atoms with Gasteiger partial charge in [0.05, 0.1) is 12.2 Å². The van der Waals surface area contributed by atoms with Gasteiger partial charge >= 0.3 is 5.97 Å². The molecule has 0 aromatic carbocycles. The van der Waals surface area contributed by atoms with Crippen molar-refractivity contribution in [1.29, 1.82) is 0 Å². The Bertz CT molecular complexity index is 681. The Labute approximate surface area is 160 Å². The van der Waals surface area contributed by atoms with E-state index >= 15 is 0 Å². The number of hydrogen-bond donors (Lipinski definition) is 2. The van der Waals surface area contributed by atoms with Crippen molar-refractivity contribution < 1.29 is 9.53 Å². The number of aromatic amines is 1. The van der Waals surface area contributed by atoms with Crippen LogP contribution in [0.5, 0.6) is 0 Å². The Morgan fingerprint density at radius 1 is 1.37 bits per heavy atom. The standard InChI is InChI=1S/C20H32N4O3/c1-13(17-7-8-18(25)23-22-17)21-15-9-16(10-15)24(11-14-5-6-14)12-19(26)27-20(2,3)4/h7-8,13-16,21H,5-6,9-12H2,1-4H3,(H,23,25). The van der Waals surface area contributed by atoms with Gasteiger partial charge in [-0.15, -0.1) is 0 Å². The van der Waals surface area contributed by atoms with E-state index in [1.54, 1.807) is 6.07 Å². The maximum absolute atomic E-state index is 12.3. The summed E-state index contributed by atoms with van der Waals surface area (Å²) in [6.45, 7) is 9.15. The number of carbonyl (C=O) groups excluding carboxylic acids is 1. The van der Waals surface area contributed by atoms with E-state index < -0.39 is 5.60 Å². The van der Waals surface area contributed by atoms with Crippen molar-refractivity contribution >= 4 is 5.97 Å². The van der Waals surface area contributed by atoms with Gasteiger partial charge in [0, 0.05) is 30.7 Å². The molecule has 2 N–H and O–H groups in total. The highest BCUT2D eigenvalue weighted by Crippen LogP contribution is 2.34. The van der Waals surface area contributed by atoms with Crippen molar-refractivity contribution in [2.45, 2.75) is 77.1 Å². The Hall–Kier alpha value is -1.73. The van der Waals surface area contributed by atoms with Crippen LogP contribution in [0.4, 0.5) is 0 Å². The molecule has 1 unspecified atom stereocenters. The second-order valence-corrected chi connectivity index (χ2v) is 9.02. The molecular formula is C20H32N4O3. The summed E-state index contributed by atoms with van der Waals surface area (Å²) in [5, 5.41) is 10.1. The lowest BCUT2D eigenvalue weighted by Crippen LogP contribution is -2.55. The molecular weight excluding hydrogens is 344 g/mol. The highest BCUT2D eigenvalue weighted by molar-refractivity contribution is 5.72. The molecule has 0 spiro atoms. The fourth-order valence-corrected chi connectivity index (χ4v) is 3.57. The monoisotopic (exact) mass is 376 g/mol. The molecule has 0 saturated heterocycles. The second kappa shape index (κ2) is 8.10. The summed E-state index contributed by atoms with van der Waals surface area (Å²) in [7, 11) is 0. The minimum Gasteiger partial charge on any atom is -0.459 e. The molecule has 1 aromatic heterocycles. The minimum atomic E-state index is -0.439. The first kappa shape index (κ1) is 20.0. The number of carbonyl (C=O) groups is 1. The van der Waals surface area contributed by atoms with Crippen molar-refractivity contribution in [3.63, 3.8) is 0 Å². The number of esters is 1. The molecule has 1 atom stereocenters. The molecule has 0 radical (unpaired) electrons. The second-order valence-electron chi connectivity index (χ2n) is 9.02. The third-order valence-electron chi connectivity index (χ3n) is 5.20. The van der Waals surface area contributed by atoms with E-state index in [1.807, 2.05) is 20.8 Å². The van der Waals surface area contributed by atoms with Crippen LogP contribution in [0.1, 0.15) is 65.1 Å². The smallest absolute Gasteiger partial charge is 0.320 e. The minimum absolute atomic E-state index is 0.0792. The summed E-state index contributed by atoms with van der Waals surface area (Å²) in [6.07, 6.45) is 4.58. The summed E-state index contributed by atoms with van der Waals surface area (Å²) in [6, 6.07) is 4.16. The molecule has 150 valence electrons. The SMILES string of the molecule is CC(NC1CC(N(CC(=O)OC(C)(C)C)CC2CC2)C1)c1ccc(=O)[nH]n1. The van der Waals surface area contributed by atoms with Gasteiger partial charge in [-0.25, -0.2) is 5.10 Å². The van der Waals surface area contributed by atoms with Gasteiger partial charge in [0.2, 0.25) is 0 Å². The number of nitrogens with one attached hydrogen (secondary N) is 2. The Morgan fingerprint density at radius 3 is 2.63 bits per heavy atom. The van der Waals surface area contributed by atoms with Crippen LogP contribution >= 0.6 is 0 Å². The van der Waals surface area contributed by atoms with Gasteiger partial charge in [-0.3, -0.25) is 14.5 Å².